The summed E-state index contributed by atoms with van der Waals surface area (Å²) < 4.78 is 68.3. The molecule has 17 nitrogen and oxygen atoms in total. The van der Waals surface area contributed by atoms with Crippen molar-refractivity contribution < 1.29 is 80.2 Å². The number of aliphatic hydroxyl groups excluding tert-OH is 1. The maximum Gasteiger partial charge on any atom is 0.472 e. The van der Waals surface area contributed by atoms with Gasteiger partial charge < -0.3 is 33.8 Å². The number of rotatable bonds is 69. The van der Waals surface area contributed by atoms with Gasteiger partial charge >= 0.3 is 39.5 Å². The Morgan fingerprint density at radius 1 is 0.296 bits per heavy atom. The lowest BCUT2D eigenvalue weighted by atomic mass is 10.1. The normalized spacial score (nSPS) is 14.7. The number of carbonyl (C=O) groups is 4. The van der Waals surface area contributed by atoms with E-state index in [1.807, 2.05) is 12.2 Å². The molecular weight excluding hydrogens is 1280 g/mol. The van der Waals surface area contributed by atoms with Gasteiger partial charge in [0.05, 0.1) is 26.4 Å². The number of hydrogen-bond acceptors (Lipinski definition) is 15. The molecule has 0 aliphatic heterocycles. The second-order valence-electron chi connectivity index (χ2n) is 24.5. The number of allylic oxidation sites excluding steroid dienone is 22. The van der Waals surface area contributed by atoms with Crippen molar-refractivity contribution in [3.8, 4) is 0 Å². The first-order valence-electron chi connectivity index (χ1n) is 37.4. The molecule has 560 valence electrons. The second kappa shape index (κ2) is 70.6. The minimum Gasteiger partial charge on any atom is -0.462 e. The zero-order chi connectivity index (χ0) is 71.8. The van der Waals surface area contributed by atoms with E-state index >= 15 is 0 Å². The molecule has 19 heteroatoms. The zero-order valence-corrected chi connectivity index (χ0v) is 62.7. The van der Waals surface area contributed by atoms with Crippen LogP contribution in [0, 0.1) is 0 Å². The van der Waals surface area contributed by atoms with Gasteiger partial charge in [-0.05, 0) is 141 Å². The van der Waals surface area contributed by atoms with Gasteiger partial charge in [0.2, 0.25) is 0 Å². The van der Waals surface area contributed by atoms with E-state index in [0.29, 0.717) is 32.1 Å². The molecule has 5 unspecified atom stereocenters. The Bertz CT molecular complexity index is 2380. The third-order valence-electron chi connectivity index (χ3n) is 15.1. The number of ether oxygens (including phenoxy) is 4. The van der Waals surface area contributed by atoms with Crippen LogP contribution in [0.2, 0.25) is 0 Å². The molecule has 0 amide bonds. The highest BCUT2D eigenvalue weighted by Crippen LogP contribution is 2.45. The third-order valence-corrected chi connectivity index (χ3v) is 17.0. The highest BCUT2D eigenvalue weighted by molar-refractivity contribution is 7.47. The first-order chi connectivity index (χ1) is 47.7. The first kappa shape index (κ1) is 93.2. The highest BCUT2D eigenvalue weighted by Gasteiger charge is 2.30. The number of phosphoric ester groups is 2. The van der Waals surface area contributed by atoms with E-state index in [2.05, 4.69) is 149 Å². The van der Waals surface area contributed by atoms with E-state index < -0.39 is 97.5 Å². The Labute approximate surface area is 593 Å². The van der Waals surface area contributed by atoms with E-state index in [1.54, 1.807) is 0 Å². The van der Waals surface area contributed by atoms with Crippen molar-refractivity contribution in [1.29, 1.82) is 0 Å². The summed E-state index contributed by atoms with van der Waals surface area (Å²) in [6.45, 7) is 4.43. The maximum atomic E-state index is 13.1. The van der Waals surface area contributed by atoms with E-state index in [-0.39, 0.29) is 25.7 Å². The van der Waals surface area contributed by atoms with Gasteiger partial charge in [0.15, 0.2) is 12.2 Å². The van der Waals surface area contributed by atoms with Crippen LogP contribution in [0.1, 0.15) is 285 Å². The van der Waals surface area contributed by atoms with E-state index in [4.69, 9.17) is 37.0 Å². The predicted octanol–water partition coefficient (Wildman–Crippen LogP) is 21.3. The average Bonchev–Trinajstić information content (AvgIpc) is 0.973. The van der Waals surface area contributed by atoms with Crippen LogP contribution in [0.15, 0.2) is 134 Å². The van der Waals surface area contributed by atoms with Gasteiger partial charge in [-0.15, -0.1) is 0 Å². The van der Waals surface area contributed by atoms with Gasteiger partial charge in [-0.2, -0.15) is 0 Å². The maximum absolute atomic E-state index is 13.1. The van der Waals surface area contributed by atoms with Crippen LogP contribution in [-0.2, 0) is 65.4 Å². The van der Waals surface area contributed by atoms with Crippen molar-refractivity contribution in [2.45, 2.75) is 303 Å². The van der Waals surface area contributed by atoms with E-state index in [0.717, 1.165) is 186 Å². The zero-order valence-electron chi connectivity index (χ0n) is 60.9. The predicted molar refractivity (Wildman–Crippen MR) is 399 cm³/mol. The number of phosphoric acid groups is 2. The van der Waals surface area contributed by atoms with E-state index in [9.17, 15) is 43.2 Å². The minimum absolute atomic E-state index is 0.0631. The number of carbonyl (C=O) groups excluding carboxylic acids is 4. The lowest BCUT2D eigenvalue weighted by Gasteiger charge is -2.21. The van der Waals surface area contributed by atoms with Gasteiger partial charge in [0, 0.05) is 25.7 Å². The van der Waals surface area contributed by atoms with Crippen LogP contribution in [-0.4, -0.2) is 96.7 Å². The summed E-state index contributed by atoms with van der Waals surface area (Å²) >= 11 is 0. The summed E-state index contributed by atoms with van der Waals surface area (Å²) in [5.41, 5.74) is 0. The van der Waals surface area contributed by atoms with Crippen LogP contribution in [0.25, 0.3) is 0 Å². The van der Waals surface area contributed by atoms with Crippen molar-refractivity contribution in [1.82, 2.24) is 0 Å². The van der Waals surface area contributed by atoms with Crippen LogP contribution < -0.4 is 0 Å². The van der Waals surface area contributed by atoms with Crippen molar-refractivity contribution in [2.24, 2.45) is 0 Å². The fourth-order valence-electron chi connectivity index (χ4n) is 9.41. The lowest BCUT2D eigenvalue weighted by Crippen LogP contribution is -2.30. The third kappa shape index (κ3) is 69.7. The fourth-order valence-corrected chi connectivity index (χ4v) is 11.0. The Hall–Kier alpha value is -4.80. The summed E-state index contributed by atoms with van der Waals surface area (Å²) in [6, 6.07) is 0. The summed E-state index contributed by atoms with van der Waals surface area (Å²) in [7, 11) is -9.97. The molecule has 0 aromatic rings. The molecule has 0 fully saturated rings. The molecule has 0 aliphatic carbocycles. The second-order valence-corrected chi connectivity index (χ2v) is 27.4. The Kier molecular flexibility index (Phi) is 67.2. The summed E-state index contributed by atoms with van der Waals surface area (Å²) in [5, 5.41) is 10.6. The molecular formula is C79H132O17P2. The minimum atomic E-state index is -4.99. The molecule has 0 aromatic carbocycles. The Morgan fingerprint density at radius 3 is 0.908 bits per heavy atom. The molecule has 0 saturated heterocycles. The number of esters is 4. The van der Waals surface area contributed by atoms with Crippen LogP contribution in [0.3, 0.4) is 0 Å². The van der Waals surface area contributed by atoms with Crippen molar-refractivity contribution in [3.63, 3.8) is 0 Å². The summed E-state index contributed by atoms with van der Waals surface area (Å²) in [6.07, 6.45) is 77.5. The van der Waals surface area contributed by atoms with E-state index in [1.165, 1.54) is 12.8 Å². The summed E-state index contributed by atoms with van der Waals surface area (Å²) in [5.74, 6) is -2.28. The molecule has 0 aliphatic rings. The molecule has 98 heavy (non-hydrogen) atoms. The molecule has 3 N–H and O–H groups in total. The fraction of sp³-hybridized carbons (Fsp3) is 0.671. The van der Waals surface area contributed by atoms with Gasteiger partial charge in [-0.25, -0.2) is 9.13 Å². The molecule has 0 heterocycles. The average molecular weight is 1420 g/mol. The lowest BCUT2D eigenvalue weighted by molar-refractivity contribution is -0.161. The van der Waals surface area contributed by atoms with Crippen LogP contribution in [0.5, 0.6) is 0 Å². The highest BCUT2D eigenvalue weighted by atomic mass is 31.2. The number of aliphatic hydroxyl groups is 1. The molecule has 0 radical (unpaired) electrons. The molecule has 0 spiro atoms. The topological polar surface area (TPSA) is 237 Å². The molecule has 0 bridgehead atoms. The molecule has 0 aromatic heterocycles. The smallest absolute Gasteiger partial charge is 0.462 e. The van der Waals surface area contributed by atoms with Crippen molar-refractivity contribution in [2.75, 3.05) is 39.6 Å². The first-order valence-corrected chi connectivity index (χ1v) is 40.4. The number of hydrogen-bond donors (Lipinski definition) is 3. The Balaban J connectivity index is 5.38. The Morgan fingerprint density at radius 2 is 0.561 bits per heavy atom. The largest absolute Gasteiger partial charge is 0.472 e. The quantitative estimate of drug-likeness (QED) is 0.0169. The van der Waals surface area contributed by atoms with Crippen LogP contribution in [0.4, 0.5) is 0 Å². The van der Waals surface area contributed by atoms with Gasteiger partial charge in [-0.1, -0.05) is 251 Å². The number of unbranched alkanes of at least 4 members (excludes halogenated alkanes) is 21. The monoisotopic (exact) mass is 1410 g/mol. The van der Waals surface area contributed by atoms with Crippen molar-refractivity contribution >= 4 is 39.5 Å². The molecule has 0 saturated carbocycles. The van der Waals surface area contributed by atoms with Crippen molar-refractivity contribution in [3.05, 3.63) is 134 Å². The molecule has 5 atom stereocenters. The van der Waals surface area contributed by atoms with Crippen LogP contribution >= 0.6 is 15.6 Å². The molecule has 0 rings (SSSR count). The van der Waals surface area contributed by atoms with Gasteiger partial charge in [0.1, 0.15) is 19.3 Å². The SMILES string of the molecule is CC/C=C\C/C=C\C/C=C\C/C=C\C/C=C\CCCC(=O)OCC(COP(=O)(O)OCC(O)COP(=O)(O)OCC(COC(=O)CCCCCCCCC/C=C\C/C=C\C/C=C\CC)OC(=O)CCCCCCC/C=C\CCCC)OC(=O)CCCCCCC/C=C\C/C=C\CCC. The standard InChI is InChI=1S/C79H132O17P2/c1-5-9-13-17-21-25-29-32-34-36-38-41-44-47-51-55-59-63-76(81)89-69-74(95-78(83)65-61-57-53-49-43-28-24-20-16-12-8-4)71-93-97(85,86)91-67-73(80)68-92-98(87,88)94-72-75(96-79(84)66-62-58-54-50-46-40-31-27-23-19-15-11-7-3)70-90-77(82)64-60-56-52-48-45-42-39-37-35-33-30-26-22-18-14-10-6-2/h9-10,13-15,19-22,24-27,31-35,39,42,48,52,73-75,80H,5-8,11-12,16-18,23,28-30,36-38,40-41,43-47,49-51,53-72H2,1-4H3,(H,85,86)(H,87,88)/b13-9-,14-10-,19-15-,24-20-,25-21-,26-22-,31-27-,34-32-,35-33-,42-39-,52-48-. The van der Waals surface area contributed by atoms with Gasteiger partial charge in [0.25, 0.3) is 0 Å². The van der Waals surface area contributed by atoms with Gasteiger partial charge in [-0.3, -0.25) is 37.3 Å². The summed E-state index contributed by atoms with van der Waals surface area (Å²) in [4.78, 5) is 72.7.